The fourth-order valence-electron chi connectivity index (χ4n) is 2.92. The molecule has 1 aromatic rings. The Morgan fingerprint density at radius 3 is 2.59 bits per heavy atom. The Morgan fingerprint density at radius 2 is 2.05 bits per heavy atom. The lowest BCUT2D eigenvalue weighted by Gasteiger charge is -2.34. The molecule has 1 saturated heterocycles. The van der Waals surface area contributed by atoms with Crippen molar-refractivity contribution >= 4 is 11.9 Å². The predicted molar refractivity (Wildman–Crippen MR) is 79.7 cm³/mol. The fraction of sp³-hybridized carbons (Fsp3) is 0.667. The minimum absolute atomic E-state index is 0.0908. The van der Waals surface area contributed by atoms with Crippen LogP contribution in [-0.4, -0.2) is 51.4 Å². The van der Waals surface area contributed by atoms with Crippen LogP contribution >= 0.6 is 0 Å². The molecule has 1 fully saturated rings. The first-order valence-electron chi connectivity index (χ1n) is 7.43. The average Bonchev–Trinajstić information content (AvgIpc) is 2.69. The molecule has 2 unspecified atom stereocenters. The Kier molecular flexibility index (Phi) is 4.73. The van der Waals surface area contributed by atoms with Crippen LogP contribution in [0.4, 0.5) is 0 Å². The number of hydrogen-bond acceptors (Lipinski definition) is 4. The van der Waals surface area contributed by atoms with Crippen LogP contribution < -0.4 is 4.74 Å². The number of hydrogen-bond donors (Lipinski definition) is 1. The van der Waals surface area contributed by atoms with Crippen LogP contribution in [0.2, 0.25) is 0 Å². The highest BCUT2D eigenvalue weighted by atomic mass is 16.5. The third kappa shape index (κ3) is 3.40. The van der Waals surface area contributed by atoms with Crippen molar-refractivity contribution in [3.63, 3.8) is 0 Å². The number of ether oxygens (including phenoxy) is 1. The van der Waals surface area contributed by atoms with Crippen LogP contribution in [0.3, 0.4) is 0 Å². The highest BCUT2D eigenvalue weighted by molar-refractivity contribution is 5.79. The Bertz CT molecular complexity index is 582. The summed E-state index contributed by atoms with van der Waals surface area (Å²) >= 11 is 0. The van der Waals surface area contributed by atoms with Gasteiger partial charge in [0, 0.05) is 20.1 Å². The zero-order valence-corrected chi connectivity index (χ0v) is 13.5. The summed E-state index contributed by atoms with van der Waals surface area (Å²) in [5, 5.41) is 13.4. The van der Waals surface area contributed by atoms with E-state index in [4.69, 9.17) is 9.84 Å². The van der Waals surface area contributed by atoms with E-state index in [9.17, 15) is 9.59 Å². The van der Waals surface area contributed by atoms with E-state index in [1.807, 2.05) is 27.8 Å². The summed E-state index contributed by atoms with van der Waals surface area (Å²) < 4.78 is 7.32. The standard InChI is InChI=1S/C15H23N3O4/c1-9-5-12(15(20)21)7-18(6-9)13(19)8-22-14-10(2)16-17(4)11(14)3/h9,12H,5-8H2,1-4H3,(H,20,21). The van der Waals surface area contributed by atoms with Crippen molar-refractivity contribution in [3.05, 3.63) is 11.4 Å². The van der Waals surface area contributed by atoms with E-state index in [1.54, 1.807) is 9.58 Å². The summed E-state index contributed by atoms with van der Waals surface area (Å²) in [6.45, 7) is 6.42. The number of carboxylic acids is 1. The first-order chi connectivity index (χ1) is 10.3. The van der Waals surface area contributed by atoms with Crippen molar-refractivity contribution in [2.45, 2.75) is 27.2 Å². The van der Waals surface area contributed by atoms with Gasteiger partial charge in [-0.05, 0) is 26.2 Å². The average molecular weight is 309 g/mol. The van der Waals surface area contributed by atoms with Gasteiger partial charge in [0.1, 0.15) is 5.69 Å². The van der Waals surface area contributed by atoms with Crippen molar-refractivity contribution in [3.8, 4) is 5.75 Å². The molecule has 7 nitrogen and oxygen atoms in total. The smallest absolute Gasteiger partial charge is 0.308 e. The van der Waals surface area contributed by atoms with E-state index in [2.05, 4.69) is 5.10 Å². The van der Waals surface area contributed by atoms with Crippen LogP contribution in [0.1, 0.15) is 24.7 Å². The van der Waals surface area contributed by atoms with Gasteiger partial charge in [-0.2, -0.15) is 5.10 Å². The molecule has 1 aliphatic heterocycles. The largest absolute Gasteiger partial charge is 0.481 e. The minimum Gasteiger partial charge on any atom is -0.481 e. The lowest BCUT2D eigenvalue weighted by Crippen LogP contribution is -2.47. The molecule has 0 bridgehead atoms. The molecule has 2 rings (SSSR count). The van der Waals surface area contributed by atoms with Gasteiger partial charge in [-0.1, -0.05) is 6.92 Å². The third-order valence-electron chi connectivity index (χ3n) is 4.14. The first-order valence-corrected chi connectivity index (χ1v) is 7.43. The molecule has 0 aliphatic carbocycles. The second-order valence-corrected chi connectivity index (χ2v) is 6.09. The number of nitrogens with zero attached hydrogens (tertiary/aromatic N) is 3. The fourth-order valence-corrected chi connectivity index (χ4v) is 2.92. The molecule has 0 spiro atoms. The van der Waals surface area contributed by atoms with Crippen molar-refractivity contribution in [2.75, 3.05) is 19.7 Å². The molecule has 0 radical (unpaired) electrons. The summed E-state index contributed by atoms with van der Waals surface area (Å²) in [5.41, 5.74) is 1.60. The number of rotatable bonds is 4. The van der Waals surface area contributed by atoms with Crippen molar-refractivity contribution in [1.82, 2.24) is 14.7 Å². The predicted octanol–water partition coefficient (Wildman–Crippen LogP) is 0.985. The number of aryl methyl sites for hydroxylation is 2. The van der Waals surface area contributed by atoms with E-state index in [1.165, 1.54) is 0 Å². The van der Waals surface area contributed by atoms with E-state index >= 15 is 0 Å². The van der Waals surface area contributed by atoms with Crippen molar-refractivity contribution in [1.29, 1.82) is 0 Å². The Hall–Kier alpha value is -2.05. The summed E-state index contributed by atoms with van der Waals surface area (Å²) in [4.78, 5) is 25.0. The minimum atomic E-state index is -0.843. The lowest BCUT2D eigenvalue weighted by molar-refractivity contribution is -0.147. The Balaban J connectivity index is 1.98. The van der Waals surface area contributed by atoms with Gasteiger partial charge in [0.25, 0.3) is 5.91 Å². The molecule has 1 aliphatic rings. The molecule has 1 amide bonds. The second-order valence-electron chi connectivity index (χ2n) is 6.09. The van der Waals surface area contributed by atoms with Gasteiger partial charge < -0.3 is 14.7 Å². The molecule has 122 valence electrons. The van der Waals surface area contributed by atoms with Crippen molar-refractivity contribution < 1.29 is 19.4 Å². The Morgan fingerprint density at radius 1 is 1.36 bits per heavy atom. The van der Waals surface area contributed by atoms with Gasteiger partial charge in [-0.15, -0.1) is 0 Å². The molecule has 2 atom stereocenters. The van der Waals surface area contributed by atoms with Gasteiger partial charge >= 0.3 is 5.97 Å². The maximum atomic E-state index is 12.3. The number of likely N-dealkylation sites (tertiary alicyclic amines) is 1. The van der Waals surface area contributed by atoms with Gasteiger partial charge in [0.05, 0.1) is 11.6 Å². The number of amides is 1. The summed E-state index contributed by atoms with van der Waals surface area (Å²) in [5.74, 6) is -0.712. The molecule has 0 aromatic carbocycles. The highest BCUT2D eigenvalue weighted by Crippen LogP contribution is 2.23. The van der Waals surface area contributed by atoms with Crippen LogP contribution in [0, 0.1) is 25.7 Å². The van der Waals surface area contributed by atoms with Crippen LogP contribution in [-0.2, 0) is 16.6 Å². The highest BCUT2D eigenvalue weighted by Gasteiger charge is 2.32. The van der Waals surface area contributed by atoms with Gasteiger partial charge in [-0.25, -0.2) is 0 Å². The van der Waals surface area contributed by atoms with E-state index in [-0.39, 0.29) is 25.0 Å². The molecular weight excluding hydrogens is 286 g/mol. The van der Waals surface area contributed by atoms with Gasteiger partial charge in [0.2, 0.25) is 0 Å². The normalized spacial score (nSPS) is 21.7. The molecule has 22 heavy (non-hydrogen) atoms. The van der Waals surface area contributed by atoms with E-state index in [0.717, 1.165) is 11.4 Å². The van der Waals surface area contributed by atoms with E-state index in [0.29, 0.717) is 18.7 Å². The number of piperidine rings is 1. The summed E-state index contributed by atoms with van der Waals surface area (Å²) in [7, 11) is 1.82. The van der Waals surface area contributed by atoms with Gasteiger partial charge in [0.15, 0.2) is 12.4 Å². The number of carboxylic acid groups (broad SMARTS) is 1. The molecular formula is C15H23N3O4. The second kappa shape index (κ2) is 6.37. The maximum Gasteiger partial charge on any atom is 0.308 e. The number of carbonyl (C=O) groups excluding carboxylic acids is 1. The molecule has 1 aromatic heterocycles. The third-order valence-corrected chi connectivity index (χ3v) is 4.14. The van der Waals surface area contributed by atoms with Crippen LogP contribution in [0.5, 0.6) is 5.75 Å². The number of aliphatic carboxylic acids is 1. The lowest BCUT2D eigenvalue weighted by atomic mass is 9.90. The van der Waals surface area contributed by atoms with Crippen LogP contribution in [0.25, 0.3) is 0 Å². The SMILES string of the molecule is Cc1nn(C)c(C)c1OCC(=O)N1CC(C)CC(C(=O)O)C1. The topological polar surface area (TPSA) is 84.7 Å². The first kappa shape index (κ1) is 16.3. The quantitative estimate of drug-likeness (QED) is 0.896. The van der Waals surface area contributed by atoms with Gasteiger partial charge in [-0.3, -0.25) is 14.3 Å². The number of aromatic nitrogens is 2. The zero-order valence-electron chi connectivity index (χ0n) is 13.5. The molecule has 1 N–H and O–H groups in total. The maximum absolute atomic E-state index is 12.3. The zero-order chi connectivity index (χ0) is 16.4. The molecule has 7 heteroatoms. The monoisotopic (exact) mass is 309 g/mol. The van der Waals surface area contributed by atoms with Crippen LogP contribution in [0.15, 0.2) is 0 Å². The summed E-state index contributed by atoms with van der Waals surface area (Å²) in [6, 6.07) is 0. The molecule has 0 saturated carbocycles. The van der Waals surface area contributed by atoms with E-state index < -0.39 is 11.9 Å². The van der Waals surface area contributed by atoms with Crippen molar-refractivity contribution in [2.24, 2.45) is 18.9 Å². The number of carbonyl (C=O) groups is 2. The Labute approximate surface area is 129 Å². The summed E-state index contributed by atoms with van der Waals surface area (Å²) in [6.07, 6.45) is 0.612. The molecule has 2 heterocycles.